The average molecular weight is 1250 g/mol. The van der Waals surface area contributed by atoms with E-state index in [0.29, 0.717) is 18.4 Å². The number of nitrogens with two attached hydrogens (primary N) is 2. The Bertz CT molecular complexity index is 2840. The molecule has 462 valence electrons. The second-order valence-corrected chi connectivity index (χ2v) is 20.8. The first-order valence-electron chi connectivity index (χ1n) is 26.5. The molecule has 0 saturated heterocycles. The van der Waals surface area contributed by atoms with E-state index in [9.17, 15) is 48.6 Å². The van der Waals surface area contributed by atoms with Gasteiger partial charge in [-0.2, -0.15) is 0 Å². The van der Waals surface area contributed by atoms with Crippen molar-refractivity contribution in [2.24, 2.45) is 35.1 Å². The van der Waals surface area contributed by atoms with Crippen molar-refractivity contribution in [1.82, 2.24) is 10.6 Å². The van der Waals surface area contributed by atoms with Crippen LogP contribution in [0.2, 0.25) is 0 Å². The molecule has 0 radical (unpaired) electrons. The summed E-state index contributed by atoms with van der Waals surface area (Å²) in [4.78, 5) is 101. The molecule has 0 aromatic rings. The third kappa shape index (κ3) is 19.5. The van der Waals surface area contributed by atoms with E-state index in [-0.39, 0.29) is 81.4 Å². The molecule has 0 saturated carbocycles. The molecule has 4 aliphatic heterocycles. The Morgan fingerprint density at radius 3 is 1.44 bits per heavy atom. The first-order valence-corrected chi connectivity index (χ1v) is 27.9. The third-order valence-electron chi connectivity index (χ3n) is 14.2. The van der Waals surface area contributed by atoms with Crippen LogP contribution in [0.3, 0.4) is 0 Å². The number of primary amides is 2. The Morgan fingerprint density at radius 1 is 0.619 bits per heavy atom. The Morgan fingerprint density at radius 2 is 1.04 bits per heavy atom. The summed E-state index contributed by atoms with van der Waals surface area (Å²) in [6, 6.07) is 0. The summed E-state index contributed by atoms with van der Waals surface area (Å²) in [6.07, 6.45) is 5.69. The molecule has 6 aliphatic rings. The van der Waals surface area contributed by atoms with Gasteiger partial charge in [-0.05, 0) is 63.9 Å². The van der Waals surface area contributed by atoms with Crippen LogP contribution in [0, 0.1) is 23.7 Å². The first-order chi connectivity index (χ1) is 39.7. The number of hydrogen-bond donors (Lipinski definition) is 6. The number of aliphatic hydroxyl groups excluding tert-OH is 2. The summed E-state index contributed by atoms with van der Waals surface area (Å²) >= 11 is -1.62. The number of aliphatic hydroxyl groups is 2. The number of allylic oxidation sites excluding steroid dienone is 8. The number of rotatable bonds is 8. The van der Waals surface area contributed by atoms with Gasteiger partial charge in [-0.1, -0.05) is 76.3 Å². The van der Waals surface area contributed by atoms with Crippen molar-refractivity contribution < 1.29 is 98.9 Å². The maximum absolute atomic E-state index is 13.4. The maximum atomic E-state index is 13.4. The quantitative estimate of drug-likeness (QED) is 0.115. The van der Waals surface area contributed by atoms with Gasteiger partial charge in [0.15, 0.2) is 30.0 Å². The second-order valence-electron chi connectivity index (χ2n) is 20.5. The zero-order valence-electron chi connectivity index (χ0n) is 49.3. The van der Waals surface area contributed by atoms with Gasteiger partial charge in [0.25, 0.3) is 11.8 Å². The number of ketones is 4. The van der Waals surface area contributed by atoms with Gasteiger partial charge in [-0.3, -0.25) is 28.8 Å². The van der Waals surface area contributed by atoms with E-state index in [4.69, 9.17) is 61.8 Å². The number of Topliss-reactive ketones (excluding diaryl/α,β-unsaturated/α-hetero) is 2. The predicted molar refractivity (Wildman–Crippen MR) is 299 cm³/mol. The number of carbonyl (C=O) groups is 8. The molecule has 0 aromatic carbocycles. The molecule has 13 atom stereocenters. The fourth-order valence-corrected chi connectivity index (χ4v) is 10.0. The number of hydrogen-bond acceptors (Lipinski definition) is 21. The van der Waals surface area contributed by atoms with Crippen LogP contribution in [0.25, 0.3) is 0 Å². The second kappa shape index (κ2) is 34.1. The molecule has 84 heavy (non-hydrogen) atoms. The van der Waals surface area contributed by atoms with Gasteiger partial charge in [0.1, 0.15) is 12.2 Å². The number of ether oxygens (including phenoxy) is 9. The van der Waals surface area contributed by atoms with Crippen molar-refractivity contribution >= 4 is 62.0 Å². The van der Waals surface area contributed by atoms with E-state index >= 15 is 0 Å². The normalized spacial score (nSPS) is 32.2. The zero-order chi connectivity index (χ0) is 63.3. The van der Waals surface area contributed by atoms with E-state index < -0.39 is 123 Å². The van der Waals surface area contributed by atoms with Crippen LogP contribution in [0.4, 0.5) is 9.59 Å². The molecule has 26 heteroatoms. The topological polar surface area (TPSA) is 370 Å². The summed E-state index contributed by atoms with van der Waals surface area (Å²) in [7, 11) is 8.42. The molecule has 6 rings (SSSR count). The Balaban J connectivity index is 0.000000421. The fourth-order valence-electron chi connectivity index (χ4n) is 10.0. The van der Waals surface area contributed by atoms with Gasteiger partial charge < -0.3 is 74.9 Å². The van der Waals surface area contributed by atoms with E-state index in [1.54, 1.807) is 38.2 Å². The van der Waals surface area contributed by atoms with Gasteiger partial charge in [0.2, 0.25) is 23.1 Å². The SMILES string of the molecule is COC1=C2CC(C)C[C@H](OC)C3OC(O)C(=CC3C)[C@H](OC(N)=O)[C@@H](OC)/C=C\C=C(/C)C(=O)NC(=CC1=O)C2=O.COC1=C2C[C@@H](C)C[C@H](OC)[C@H](O)[C@@H](C)/C=C(\C)[C@H](OC(N)=O)[C@@H](OC)/C=C\C=C(/C)C(=O)NC(=CC1=O)C2=O.O=[Se]=O. The molecule has 4 heterocycles. The summed E-state index contributed by atoms with van der Waals surface area (Å²) in [5.41, 5.74) is 11.9. The van der Waals surface area contributed by atoms with E-state index in [0.717, 1.165) is 12.2 Å². The molecular weight excluding hydrogens is 1170 g/mol. The molecule has 6 bridgehead atoms. The van der Waals surface area contributed by atoms with Gasteiger partial charge in [0, 0.05) is 80.3 Å². The number of carbonyl (C=O) groups excluding carboxylic acids is 8. The van der Waals surface area contributed by atoms with Crippen LogP contribution in [-0.4, -0.2) is 170 Å². The van der Waals surface area contributed by atoms with E-state index in [1.165, 1.54) is 80.8 Å². The molecule has 0 aromatic heterocycles. The van der Waals surface area contributed by atoms with Gasteiger partial charge in [0.05, 0.1) is 50.0 Å². The monoisotopic (exact) mass is 1250 g/mol. The van der Waals surface area contributed by atoms with Crippen LogP contribution in [-0.2, 0) is 79.1 Å². The van der Waals surface area contributed by atoms with Crippen molar-refractivity contribution in [3.8, 4) is 0 Å². The summed E-state index contributed by atoms with van der Waals surface area (Å²) in [5, 5.41) is 27.2. The van der Waals surface area contributed by atoms with Gasteiger partial charge in [-0.25, -0.2) is 9.59 Å². The van der Waals surface area contributed by atoms with Crippen molar-refractivity contribution in [2.45, 2.75) is 129 Å². The van der Waals surface area contributed by atoms with Crippen LogP contribution in [0.15, 0.2) is 117 Å². The van der Waals surface area contributed by atoms with Crippen molar-refractivity contribution in [1.29, 1.82) is 0 Å². The van der Waals surface area contributed by atoms with Crippen LogP contribution < -0.4 is 22.1 Å². The average Bonchev–Trinajstić information content (AvgIpc) is 3.65. The summed E-state index contributed by atoms with van der Waals surface area (Å²) < 4.78 is 66.5. The van der Waals surface area contributed by atoms with Gasteiger partial charge in [-0.15, -0.1) is 0 Å². The summed E-state index contributed by atoms with van der Waals surface area (Å²) in [5.74, 6) is -4.64. The Kier molecular flexibility index (Phi) is 28.9. The van der Waals surface area contributed by atoms with Crippen molar-refractivity contribution in [2.75, 3.05) is 42.7 Å². The minimum absolute atomic E-state index is 0.0775. The number of nitrogens with one attached hydrogen (secondary N) is 2. The number of methoxy groups -OCH3 is 6. The molecule has 0 spiro atoms. The van der Waals surface area contributed by atoms with E-state index in [1.807, 2.05) is 20.8 Å². The van der Waals surface area contributed by atoms with Crippen LogP contribution in [0.1, 0.15) is 74.1 Å². The number of amides is 4. The molecular formula is C58H78N4O21Se. The molecule has 4 unspecified atom stereocenters. The third-order valence-corrected chi connectivity index (χ3v) is 14.2. The molecule has 4 amide bonds. The van der Waals surface area contributed by atoms with Gasteiger partial charge >= 0.3 is 34.7 Å². The Hall–Kier alpha value is -7.00. The summed E-state index contributed by atoms with van der Waals surface area (Å²) in [6.45, 7) is 12.2. The van der Waals surface area contributed by atoms with Crippen LogP contribution in [0.5, 0.6) is 0 Å². The van der Waals surface area contributed by atoms with Crippen molar-refractivity contribution in [3.05, 3.63) is 117 Å². The molecule has 8 N–H and O–H groups in total. The zero-order valence-corrected chi connectivity index (χ0v) is 51.0. The molecule has 2 aliphatic carbocycles. The molecule has 0 fully saturated rings. The fraction of sp³-hybridized carbons (Fsp3) is 0.517. The molecule has 25 nitrogen and oxygen atoms in total. The van der Waals surface area contributed by atoms with E-state index in [2.05, 4.69) is 10.6 Å². The Labute approximate surface area is 493 Å². The standard InChI is InChI=1S/C29H38N2O10.C29H40N2O9.O2Se/c1-14-10-17-23(33)19(13-20(32)25(17)39-6)31-27(34)15(2)8-7-9-21(37-4)26(41-29(30)36)18-12-16(3)24(40-28(18)35)22(11-14)38-5;1-15-11-19-25(34)20(14-21(32)27(19)39-7)31-28(35)16(2)9-8-10-22(37-5)26(40-29(30)36)18(4)13-17(3)24(33)23(12-15)38-6;1-3-2/h7-9,12-14,16,21-22,24,26,28,35H,10-11H2,1-6H3,(H2,30,36)(H,31,34);8-10,13-15,17,22-24,26,33H,11-12H2,1-7H3,(H2,30,36)(H,31,35);/b9-7-,15-8+;10-8-,16-9+,18-13+;/t14?,16?,21-,22-,24?,26-,28?;15-,17+,22+,23+,24-,26+;/m01./s1. The predicted octanol–water partition coefficient (Wildman–Crippen LogP) is 3.53. The van der Waals surface area contributed by atoms with Crippen LogP contribution >= 0.6 is 0 Å². The van der Waals surface area contributed by atoms with Crippen molar-refractivity contribution in [3.63, 3.8) is 0 Å². The minimum atomic E-state index is -1.62. The first kappa shape index (κ1) is 71.3. The number of fused-ring (bicyclic) bond motifs is 12.